The molecule has 1 aromatic heterocycles. The van der Waals surface area contributed by atoms with Crippen LogP contribution in [0.3, 0.4) is 0 Å². The van der Waals surface area contributed by atoms with E-state index in [-0.39, 0.29) is 11.8 Å². The van der Waals surface area contributed by atoms with Gasteiger partial charge in [0.25, 0.3) is 0 Å². The van der Waals surface area contributed by atoms with Crippen LogP contribution in [0.2, 0.25) is 0 Å². The minimum atomic E-state index is -0.582. The van der Waals surface area contributed by atoms with Crippen molar-refractivity contribution in [1.29, 1.82) is 0 Å². The van der Waals surface area contributed by atoms with Crippen molar-refractivity contribution in [2.75, 3.05) is 13.7 Å². The van der Waals surface area contributed by atoms with Crippen LogP contribution in [-0.2, 0) is 22.5 Å². The molecule has 1 aliphatic heterocycles. The Morgan fingerprint density at radius 3 is 2.73 bits per heavy atom. The summed E-state index contributed by atoms with van der Waals surface area (Å²) in [6, 6.07) is 3.40. The predicted molar refractivity (Wildman–Crippen MR) is 82.3 cm³/mol. The van der Waals surface area contributed by atoms with Crippen LogP contribution in [0.25, 0.3) is 0 Å². The second-order valence-corrected chi connectivity index (χ2v) is 5.93. The van der Waals surface area contributed by atoms with Crippen LogP contribution in [0.4, 0.5) is 4.79 Å². The van der Waals surface area contributed by atoms with E-state index >= 15 is 0 Å². The van der Waals surface area contributed by atoms with Crippen LogP contribution in [0, 0.1) is 12.8 Å². The summed E-state index contributed by atoms with van der Waals surface area (Å²) in [5, 5.41) is 2.63. The first-order chi connectivity index (χ1) is 10.4. The van der Waals surface area contributed by atoms with Crippen molar-refractivity contribution in [2.24, 2.45) is 5.92 Å². The van der Waals surface area contributed by atoms with Gasteiger partial charge < -0.3 is 15.0 Å². The summed E-state index contributed by atoms with van der Waals surface area (Å²) in [5.41, 5.74) is 3.13. The van der Waals surface area contributed by atoms with Crippen molar-refractivity contribution in [2.45, 2.75) is 39.8 Å². The average molecular weight is 305 g/mol. The normalized spacial score (nSPS) is 15.2. The molecular formula is C16H23N3O3. The second-order valence-electron chi connectivity index (χ2n) is 5.93. The van der Waals surface area contributed by atoms with Crippen molar-refractivity contribution < 1.29 is 14.3 Å². The number of methoxy groups -OCH3 is 1. The smallest absolute Gasteiger partial charge is 0.407 e. The van der Waals surface area contributed by atoms with Crippen molar-refractivity contribution in [3.8, 4) is 0 Å². The van der Waals surface area contributed by atoms with Gasteiger partial charge >= 0.3 is 6.09 Å². The Labute approximate surface area is 130 Å². The van der Waals surface area contributed by atoms with Crippen LogP contribution in [0.1, 0.15) is 30.8 Å². The van der Waals surface area contributed by atoms with Gasteiger partial charge in [0.15, 0.2) is 0 Å². The van der Waals surface area contributed by atoms with E-state index in [2.05, 4.69) is 15.0 Å². The lowest BCUT2D eigenvalue weighted by atomic mass is 10.00. The van der Waals surface area contributed by atoms with E-state index in [1.807, 2.05) is 32.9 Å². The number of hydrogen-bond donors (Lipinski definition) is 1. The number of carbonyl (C=O) groups excluding carboxylic acids is 2. The van der Waals surface area contributed by atoms with Crippen LogP contribution in [0.5, 0.6) is 0 Å². The van der Waals surface area contributed by atoms with E-state index in [4.69, 9.17) is 0 Å². The number of aromatic nitrogens is 1. The highest BCUT2D eigenvalue weighted by molar-refractivity contribution is 5.86. The zero-order valence-corrected chi connectivity index (χ0v) is 13.5. The molecule has 1 atom stereocenters. The third-order valence-electron chi connectivity index (χ3n) is 3.89. The fourth-order valence-electron chi connectivity index (χ4n) is 2.61. The summed E-state index contributed by atoms with van der Waals surface area (Å²) >= 11 is 0. The van der Waals surface area contributed by atoms with Crippen molar-refractivity contribution in [3.63, 3.8) is 0 Å². The van der Waals surface area contributed by atoms with Gasteiger partial charge in [-0.15, -0.1) is 0 Å². The SMILES string of the molecule is COC(=O)N[C@H](C(=O)N1CCc2nc(C)ccc2C1)C(C)C. The molecule has 0 aliphatic carbocycles. The fourth-order valence-corrected chi connectivity index (χ4v) is 2.61. The topological polar surface area (TPSA) is 71.5 Å². The number of ether oxygens (including phenoxy) is 1. The number of aryl methyl sites for hydroxylation is 1. The van der Waals surface area contributed by atoms with E-state index in [0.717, 1.165) is 23.4 Å². The maximum absolute atomic E-state index is 12.7. The maximum atomic E-state index is 12.7. The highest BCUT2D eigenvalue weighted by Gasteiger charge is 2.31. The maximum Gasteiger partial charge on any atom is 0.407 e. The van der Waals surface area contributed by atoms with Crippen molar-refractivity contribution >= 4 is 12.0 Å². The lowest BCUT2D eigenvalue weighted by molar-refractivity contribution is -0.135. The number of alkyl carbamates (subject to hydrolysis) is 1. The number of pyridine rings is 1. The van der Waals surface area contributed by atoms with Crippen molar-refractivity contribution in [1.82, 2.24) is 15.2 Å². The van der Waals surface area contributed by atoms with Gasteiger partial charge in [0.2, 0.25) is 5.91 Å². The molecule has 0 spiro atoms. The van der Waals surface area contributed by atoms with Gasteiger partial charge in [-0.25, -0.2) is 4.79 Å². The minimum absolute atomic E-state index is 0.0101. The molecule has 1 aromatic rings. The third-order valence-corrected chi connectivity index (χ3v) is 3.89. The lowest BCUT2D eigenvalue weighted by Crippen LogP contribution is -2.52. The molecule has 2 heterocycles. The quantitative estimate of drug-likeness (QED) is 0.922. The first-order valence-corrected chi connectivity index (χ1v) is 7.51. The second kappa shape index (κ2) is 6.77. The van der Waals surface area contributed by atoms with Gasteiger partial charge in [-0.1, -0.05) is 19.9 Å². The summed E-state index contributed by atoms with van der Waals surface area (Å²) < 4.78 is 4.61. The molecule has 0 radical (unpaired) electrons. The number of rotatable bonds is 3. The first-order valence-electron chi connectivity index (χ1n) is 7.51. The van der Waals surface area contributed by atoms with E-state index in [1.165, 1.54) is 7.11 Å². The number of fused-ring (bicyclic) bond motifs is 1. The van der Waals surface area contributed by atoms with Crippen molar-refractivity contribution in [3.05, 3.63) is 29.1 Å². The van der Waals surface area contributed by atoms with Crippen LogP contribution >= 0.6 is 0 Å². The molecule has 22 heavy (non-hydrogen) atoms. The molecule has 0 aromatic carbocycles. The summed E-state index contributed by atoms with van der Waals surface area (Å²) in [6.45, 7) is 6.93. The van der Waals surface area contributed by atoms with E-state index < -0.39 is 12.1 Å². The molecule has 2 rings (SSSR count). The Morgan fingerprint density at radius 1 is 1.36 bits per heavy atom. The molecule has 6 nitrogen and oxygen atoms in total. The molecule has 6 heteroatoms. The Kier molecular flexibility index (Phi) is 5.00. The number of hydrogen-bond acceptors (Lipinski definition) is 4. The van der Waals surface area contributed by atoms with Gasteiger partial charge in [-0.05, 0) is 24.5 Å². The lowest BCUT2D eigenvalue weighted by Gasteiger charge is -2.32. The Hall–Kier alpha value is -2.11. The molecule has 120 valence electrons. The molecule has 1 N–H and O–H groups in total. The number of carbonyl (C=O) groups is 2. The van der Waals surface area contributed by atoms with Crippen LogP contribution in [0.15, 0.2) is 12.1 Å². The highest BCUT2D eigenvalue weighted by atomic mass is 16.5. The van der Waals surface area contributed by atoms with Gasteiger partial charge in [0, 0.05) is 30.9 Å². The average Bonchev–Trinajstić information content (AvgIpc) is 2.50. The fraction of sp³-hybridized carbons (Fsp3) is 0.562. The number of nitrogens with zero attached hydrogens (tertiary/aromatic N) is 2. The number of nitrogens with one attached hydrogen (secondary N) is 1. The Morgan fingerprint density at radius 2 is 2.09 bits per heavy atom. The molecule has 0 unspecified atom stereocenters. The highest BCUT2D eigenvalue weighted by Crippen LogP contribution is 2.19. The largest absolute Gasteiger partial charge is 0.453 e. The van der Waals surface area contributed by atoms with Crippen LogP contribution in [-0.4, -0.2) is 41.6 Å². The van der Waals surface area contributed by atoms with Gasteiger partial charge in [0.1, 0.15) is 6.04 Å². The molecule has 0 saturated carbocycles. The standard InChI is InChI=1S/C16H23N3O3/c1-10(2)14(18-16(21)22-4)15(20)19-8-7-13-12(9-19)6-5-11(3)17-13/h5-6,10,14H,7-9H2,1-4H3,(H,18,21)/t14-/m0/s1. The van der Waals surface area contributed by atoms with Crippen LogP contribution < -0.4 is 5.32 Å². The number of amides is 2. The summed E-state index contributed by atoms with van der Waals surface area (Å²) in [4.78, 5) is 30.4. The predicted octanol–water partition coefficient (Wildman–Crippen LogP) is 1.66. The first kappa shape index (κ1) is 16.3. The molecule has 0 fully saturated rings. The molecular weight excluding hydrogens is 282 g/mol. The minimum Gasteiger partial charge on any atom is -0.453 e. The third kappa shape index (κ3) is 3.55. The molecule has 0 saturated heterocycles. The summed E-state index contributed by atoms with van der Waals surface area (Å²) in [6.07, 6.45) is 0.160. The molecule has 1 aliphatic rings. The summed E-state index contributed by atoms with van der Waals surface area (Å²) in [7, 11) is 1.29. The van der Waals surface area contributed by atoms with E-state index in [1.54, 1.807) is 4.90 Å². The Bertz CT molecular complexity index is 572. The monoisotopic (exact) mass is 305 g/mol. The van der Waals surface area contributed by atoms with Gasteiger partial charge in [-0.3, -0.25) is 9.78 Å². The zero-order valence-electron chi connectivity index (χ0n) is 13.5. The zero-order chi connectivity index (χ0) is 16.3. The molecule has 2 amide bonds. The summed E-state index contributed by atoms with van der Waals surface area (Å²) in [5.74, 6) is -0.0873. The molecule has 0 bridgehead atoms. The van der Waals surface area contributed by atoms with E-state index in [0.29, 0.717) is 13.1 Å². The van der Waals surface area contributed by atoms with Gasteiger partial charge in [0.05, 0.1) is 7.11 Å². The van der Waals surface area contributed by atoms with Gasteiger partial charge in [-0.2, -0.15) is 0 Å². The van der Waals surface area contributed by atoms with E-state index in [9.17, 15) is 9.59 Å². The Balaban J connectivity index is 2.12.